The van der Waals surface area contributed by atoms with Crippen LogP contribution in [-0.2, 0) is 0 Å². The molecule has 2 heteroatoms. The maximum Gasteiger partial charge on any atom is 0.0676 e. The number of aryl methyl sites for hydroxylation is 2. The van der Waals surface area contributed by atoms with Gasteiger partial charge in [-0.1, -0.05) is 31.4 Å². The molecule has 0 unspecified atom stereocenters. The number of benzene rings is 1. The van der Waals surface area contributed by atoms with Gasteiger partial charge in [0.1, 0.15) is 0 Å². The Bertz CT molecular complexity index is 673. The number of anilines is 1. The highest BCUT2D eigenvalue weighted by Crippen LogP contribution is 2.24. The molecule has 2 nitrogen and oxygen atoms in total. The fourth-order valence-corrected chi connectivity index (χ4v) is 2.29. The molecule has 0 radical (unpaired) electrons. The Hall–Kier alpha value is -2.35. The molecule has 2 rings (SSSR count). The van der Waals surface area contributed by atoms with Gasteiger partial charge in [-0.15, -0.1) is 0 Å². The molecule has 1 aromatic carbocycles. The summed E-state index contributed by atoms with van der Waals surface area (Å²) in [4.78, 5) is 4.47. The SMILES string of the molecule is C=C/C(=C\C)C1=CN=C(C(=C)Nc2ccc(C)c(C)c2)C1. The largest absolute Gasteiger partial charge is 0.355 e. The van der Waals surface area contributed by atoms with Crippen LogP contribution < -0.4 is 5.32 Å². The van der Waals surface area contributed by atoms with Crippen molar-refractivity contribution in [1.29, 1.82) is 0 Å². The maximum atomic E-state index is 4.47. The van der Waals surface area contributed by atoms with Crippen molar-refractivity contribution in [3.8, 4) is 0 Å². The van der Waals surface area contributed by atoms with Crippen LogP contribution in [0.3, 0.4) is 0 Å². The van der Waals surface area contributed by atoms with Crippen molar-refractivity contribution in [3.05, 3.63) is 77.7 Å². The maximum absolute atomic E-state index is 4.47. The van der Waals surface area contributed by atoms with Gasteiger partial charge in [0.15, 0.2) is 0 Å². The zero-order valence-electron chi connectivity index (χ0n) is 13.0. The van der Waals surface area contributed by atoms with E-state index in [1.165, 1.54) is 16.7 Å². The molecule has 0 spiro atoms. The van der Waals surface area contributed by atoms with Gasteiger partial charge < -0.3 is 5.32 Å². The molecule has 0 atom stereocenters. The van der Waals surface area contributed by atoms with E-state index in [4.69, 9.17) is 0 Å². The van der Waals surface area contributed by atoms with E-state index >= 15 is 0 Å². The van der Waals surface area contributed by atoms with Crippen molar-refractivity contribution in [3.63, 3.8) is 0 Å². The van der Waals surface area contributed by atoms with Gasteiger partial charge >= 0.3 is 0 Å². The summed E-state index contributed by atoms with van der Waals surface area (Å²) in [5.74, 6) is 0. The first-order valence-electron chi connectivity index (χ1n) is 7.13. The van der Waals surface area contributed by atoms with E-state index < -0.39 is 0 Å². The van der Waals surface area contributed by atoms with Crippen LogP contribution in [0.15, 0.2) is 71.5 Å². The summed E-state index contributed by atoms with van der Waals surface area (Å²) in [7, 11) is 0. The molecule has 0 saturated carbocycles. The summed E-state index contributed by atoms with van der Waals surface area (Å²) in [6.07, 6.45) is 6.61. The summed E-state index contributed by atoms with van der Waals surface area (Å²) in [5.41, 5.74) is 7.75. The second-order valence-electron chi connectivity index (χ2n) is 5.26. The lowest BCUT2D eigenvalue weighted by Gasteiger charge is -2.12. The van der Waals surface area contributed by atoms with Crippen LogP contribution in [0.2, 0.25) is 0 Å². The van der Waals surface area contributed by atoms with E-state index in [9.17, 15) is 0 Å². The topological polar surface area (TPSA) is 24.4 Å². The monoisotopic (exact) mass is 278 g/mol. The van der Waals surface area contributed by atoms with E-state index in [2.05, 4.69) is 61.6 Å². The average molecular weight is 278 g/mol. The lowest BCUT2D eigenvalue weighted by atomic mass is 10.0. The number of aliphatic imine (C=N–C) groups is 1. The van der Waals surface area contributed by atoms with Gasteiger partial charge in [0.25, 0.3) is 0 Å². The van der Waals surface area contributed by atoms with E-state index in [0.717, 1.165) is 29.1 Å². The molecule has 21 heavy (non-hydrogen) atoms. The molecule has 1 aromatic rings. The normalized spacial score (nSPS) is 14.5. The first kappa shape index (κ1) is 15.0. The van der Waals surface area contributed by atoms with E-state index in [1.54, 1.807) is 0 Å². The van der Waals surface area contributed by atoms with Gasteiger partial charge in [0.05, 0.1) is 11.4 Å². The standard InChI is InChI=1S/C19H22N2/c1-6-16(7-2)17-11-19(20-12-17)15(5)21-18-9-8-13(3)14(4)10-18/h6-10,12,21H,1,5,11H2,2-4H3/b16-7+. The number of allylic oxidation sites excluding steroid dienone is 5. The van der Waals surface area contributed by atoms with Crippen molar-refractivity contribution in [1.82, 2.24) is 0 Å². The minimum Gasteiger partial charge on any atom is -0.355 e. The molecular formula is C19H22N2. The van der Waals surface area contributed by atoms with Crippen LogP contribution in [0.5, 0.6) is 0 Å². The Morgan fingerprint density at radius 1 is 1.29 bits per heavy atom. The van der Waals surface area contributed by atoms with Crippen molar-refractivity contribution in [2.45, 2.75) is 27.2 Å². The molecule has 1 N–H and O–H groups in total. The Labute approximate surface area is 127 Å². The van der Waals surface area contributed by atoms with Crippen LogP contribution in [0, 0.1) is 13.8 Å². The average Bonchev–Trinajstić information content (AvgIpc) is 2.94. The third-order valence-corrected chi connectivity index (χ3v) is 3.79. The van der Waals surface area contributed by atoms with Gasteiger partial charge in [-0.3, -0.25) is 4.99 Å². The zero-order chi connectivity index (χ0) is 15.4. The van der Waals surface area contributed by atoms with Crippen molar-refractivity contribution in [2.24, 2.45) is 4.99 Å². The van der Waals surface area contributed by atoms with E-state index in [0.29, 0.717) is 0 Å². The second kappa shape index (κ2) is 6.40. The molecule has 0 bridgehead atoms. The number of hydrogen-bond donors (Lipinski definition) is 1. The highest BCUT2D eigenvalue weighted by molar-refractivity contribution is 6.05. The Kier molecular flexibility index (Phi) is 4.59. The van der Waals surface area contributed by atoms with Crippen molar-refractivity contribution in [2.75, 3.05) is 5.32 Å². The van der Waals surface area contributed by atoms with Crippen LogP contribution >= 0.6 is 0 Å². The van der Waals surface area contributed by atoms with Crippen molar-refractivity contribution < 1.29 is 0 Å². The third-order valence-electron chi connectivity index (χ3n) is 3.79. The Morgan fingerprint density at radius 3 is 2.67 bits per heavy atom. The van der Waals surface area contributed by atoms with Gasteiger partial charge in [-0.25, -0.2) is 0 Å². The molecule has 0 aliphatic carbocycles. The molecular weight excluding hydrogens is 256 g/mol. The number of hydrogen-bond acceptors (Lipinski definition) is 2. The summed E-state index contributed by atoms with van der Waals surface area (Å²) in [6.45, 7) is 14.2. The molecule has 1 heterocycles. The second-order valence-corrected chi connectivity index (χ2v) is 5.26. The predicted molar refractivity (Wildman–Crippen MR) is 92.8 cm³/mol. The zero-order valence-corrected chi connectivity index (χ0v) is 13.0. The highest BCUT2D eigenvalue weighted by atomic mass is 14.9. The molecule has 0 saturated heterocycles. The van der Waals surface area contributed by atoms with Gasteiger partial charge in [-0.2, -0.15) is 0 Å². The van der Waals surface area contributed by atoms with Gasteiger partial charge in [-0.05, 0) is 55.2 Å². The molecule has 1 aliphatic heterocycles. The molecule has 108 valence electrons. The molecule has 0 fully saturated rings. The fraction of sp³-hybridized carbons (Fsp3) is 0.211. The van der Waals surface area contributed by atoms with Crippen LogP contribution in [-0.4, -0.2) is 5.71 Å². The summed E-state index contributed by atoms with van der Waals surface area (Å²) in [6, 6.07) is 6.31. The van der Waals surface area contributed by atoms with Crippen LogP contribution in [0.4, 0.5) is 5.69 Å². The summed E-state index contributed by atoms with van der Waals surface area (Å²) in [5, 5.41) is 3.34. The lowest BCUT2D eigenvalue weighted by molar-refractivity contribution is 1.31. The molecule has 1 aliphatic rings. The predicted octanol–water partition coefficient (Wildman–Crippen LogP) is 5.09. The quantitative estimate of drug-likeness (QED) is 0.745. The van der Waals surface area contributed by atoms with Crippen LogP contribution in [0.1, 0.15) is 24.5 Å². The van der Waals surface area contributed by atoms with Gasteiger partial charge in [0, 0.05) is 18.3 Å². The minimum absolute atomic E-state index is 0.794. The van der Waals surface area contributed by atoms with E-state index in [-0.39, 0.29) is 0 Å². The Morgan fingerprint density at radius 2 is 2.05 bits per heavy atom. The number of nitrogens with zero attached hydrogens (tertiary/aromatic N) is 1. The van der Waals surface area contributed by atoms with Crippen LogP contribution in [0.25, 0.3) is 0 Å². The number of nitrogens with one attached hydrogen (secondary N) is 1. The molecule has 0 aromatic heterocycles. The smallest absolute Gasteiger partial charge is 0.0676 e. The summed E-state index contributed by atoms with van der Waals surface area (Å²) < 4.78 is 0. The third kappa shape index (κ3) is 3.40. The number of rotatable bonds is 5. The first-order chi connectivity index (χ1) is 10.0. The minimum atomic E-state index is 0.794. The first-order valence-corrected chi connectivity index (χ1v) is 7.13. The van der Waals surface area contributed by atoms with Gasteiger partial charge in [0.2, 0.25) is 0 Å². The van der Waals surface area contributed by atoms with E-state index in [1.807, 2.05) is 19.2 Å². The Balaban J connectivity index is 2.03. The fourth-order valence-electron chi connectivity index (χ4n) is 2.29. The lowest BCUT2D eigenvalue weighted by Crippen LogP contribution is -2.09. The van der Waals surface area contributed by atoms with Crippen molar-refractivity contribution >= 4 is 11.4 Å². The summed E-state index contributed by atoms with van der Waals surface area (Å²) >= 11 is 0. The highest BCUT2D eigenvalue weighted by Gasteiger charge is 2.15. The molecule has 0 amide bonds.